The molecule has 7 heteroatoms. The summed E-state index contributed by atoms with van der Waals surface area (Å²) in [6, 6.07) is 20.5. The van der Waals surface area contributed by atoms with Crippen LogP contribution in [0.15, 0.2) is 82.6 Å². The van der Waals surface area contributed by atoms with Crippen LogP contribution >= 0.6 is 0 Å². The summed E-state index contributed by atoms with van der Waals surface area (Å²) < 4.78 is 31.1. The quantitative estimate of drug-likeness (QED) is 0.455. The van der Waals surface area contributed by atoms with Gasteiger partial charge in [0.25, 0.3) is 0 Å². The lowest BCUT2D eigenvalue weighted by Gasteiger charge is -2.13. The molecule has 0 bridgehead atoms. The number of rotatable bonds is 5. The number of ether oxygens (including phenoxy) is 1. The van der Waals surface area contributed by atoms with E-state index in [-0.39, 0.29) is 9.79 Å². The predicted molar refractivity (Wildman–Crippen MR) is 119 cm³/mol. The van der Waals surface area contributed by atoms with Crippen LogP contribution in [0.1, 0.15) is 5.69 Å². The maximum atomic E-state index is 12.8. The van der Waals surface area contributed by atoms with E-state index in [1.807, 2.05) is 31.2 Å². The van der Waals surface area contributed by atoms with Gasteiger partial charge in [-0.1, -0.05) is 12.1 Å². The molecule has 4 rings (SSSR count). The second-order valence-electron chi connectivity index (χ2n) is 6.89. The molecule has 0 spiro atoms. The number of anilines is 3. The molecule has 0 fully saturated rings. The van der Waals surface area contributed by atoms with Gasteiger partial charge in [-0.05, 0) is 67.6 Å². The van der Waals surface area contributed by atoms with E-state index in [0.29, 0.717) is 11.4 Å². The van der Waals surface area contributed by atoms with Crippen LogP contribution in [0.3, 0.4) is 0 Å². The number of nitrogens with zero attached hydrogens (tertiary/aromatic N) is 1. The number of benzene rings is 3. The second-order valence-corrected chi connectivity index (χ2v) is 8.84. The molecule has 152 valence electrons. The molecule has 0 saturated heterocycles. The fourth-order valence-electron chi connectivity index (χ4n) is 3.27. The molecule has 3 aromatic carbocycles. The van der Waals surface area contributed by atoms with Crippen molar-refractivity contribution in [1.82, 2.24) is 4.98 Å². The Labute approximate surface area is 175 Å². The highest BCUT2D eigenvalue weighted by Crippen LogP contribution is 2.32. The number of hydrogen-bond acceptors (Lipinski definition) is 6. The summed E-state index contributed by atoms with van der Waals surface area (Å²) in [6.45, 7) is 1.92. The monoisotopic (exact) mass is 419 g/mol. The van der Waals surface area contributed by atoms with E-state index in [9.17, 15) is 8.42 Å². The molecule has 0 radical (unpaired) electrons. The Kier molecular flexibility index (Phi) is 5.05. The molecule has 0 aliphatic rings. The van der Waals surface area contributed by atoms with Crippen LogP contribution in [-0.4, -0.2) is 20.5 Å². The molecule has 0 aliphatic carbocycles. The van der Waals surface area contributed by atoms with Gasteiger partial charge in [0.1, 0.15) is 11.3 Å². The first kappa shape index (κ1) is 19.7. The number of aromatic nitrogens is 1. The number of nitrogens with one attached hydrogen (secondary N) is 1. The number of methoxy groups -OCH3 is 1. The number of hydrogen-bond donors (Lipinski definition) is 2. The van der Waals surface area contributed by atoms with Crippen molar-refractivity contribution < 1.29 is 13.2 Å². The summed E-state index contributed by atoms with van der Waals surface area (Å²) in [6.07, 6.45) is 0. The highest BCUT2D eigenvalue weighted by molar-refractivity contribution is 7.91. The van der Waals surface area contributed by atoms with Gasteiger partial charge in [0, 0.05) is 28.1 Å². The molecule has 0 saturated carbocycles. The van der Waals surface area contributed by atoms with Crippen LogP contribution in [-0.2, 0) is 9.84 Å². The lowest BCUT2D eigenvalue weighted by molar-refractivity contribution is 0.419. The summed E-state index contributed by atoms with van der Waals surface area (Å²) in [5, 5.41) is 4.27. The van der Waals surface area contributed by atoms with Gasteiger partial charge >= 0.3 is 0 Å². The van der Waals surface area contributed by atoms with E-state index < -0.39 is 9.84 Å². The molecule has 30 heavy (non-hydrogen) atoms. The zero-order chi connectivity index (χ0) is 21.3. The molecular formula is C23H21N3O3S. The minimum absolute atomic E-state index is 0.209. The van der Waals surface area contributed by atoms with Gasteiger partial charge in [-0.15, -0.1) is 0 Å². The predicted octanol–water partition coefficient (Wildman–Crippen LogP) is 4.71. The van der Waals surface area contributed by atoms with Crippen molar-refractivity contribution in [2.24, 2.45) is 0 Å². The molecule has 4 aromatic rings. The normalized spacial score (nSPS) is 11.4. The van der Waals surface area contributed by atoms with Crippen LogP contribution in [0.5, 0.6) is 5.75 Å². The molecule has 0 atom stereocenters. The van der Waals surface area contributed by atoms with Crippen molar-refractivity contribution in [3.63, 3.8) is 0 Å². The molecule has 1 heterocycles. The van der Waals surface area contributed by atoms with Crippen molar-refractivity contribution in [2.45, 2.75) is 16.7 Å². The van der Waals surface area contributed by atoms with E-state index >= 15 is 0 Å². The molecule has 0 aliphatic heterocycles. The number of nitrogens with two attached hydrogens (primary N) is 1. The van der Waals surface area contributed by atoms with Gasteiger partial charge in [-0.25, -0.2) is 13.4 Å². The lowest BCUT2D eigenvalue weighted by atomic mass is 10.1. The average molecular weight is 420 g/mol. The van der Waals surface area contributed by atoms with Gasteiger partial charge in [0.15, 0.2) is 0 Å². The third-order valence-corrected chi connectivity index (χ3v) is 6.57. The summed E-state index contributed by atoms with van der Waals surface area (Å²) in [5.74, 6) is 0.698. The van der Waals surface area contributed by atoms with E-state index in [1.54, 1.807) is 43.5 Å². The third-order valence-electron chi connectivity index (χ3n) is 4.78. The molecule has 1 aromatic heterocycles. The highest BCUT2D eigenvalue weighted by atomic mass is 32.2. The molecule has 3 N–H and O–H groups in total. The van der Waals surface area contributed by atoms with Crippen molar-refractivity contribution in [3.05, 3.63) is 78.5 Å². The number of sulfone groups is 1. The molecule has 0 unspecified atom stereocenters. The van der Waals surface area contributed by atoms with Gasteiger partial charge in [-0.3, -0.25) is 0 Å². The molecule has 6 nitrogen and oxygen atoms in total. The van der Waals surface area contributed by atoms with E-state index in [4.69, 9.17) is 10.5 Å². The Balaban J connectivity index is 1.67. The van der Waals surface area contributed by atoms with Gasteiger partial charge in [0.05, 0.1) is 16.9 Å². The molecule has 0 amide bonds. The van der Waals surface area contributed by atoms with Gasteiger partial charge in [-0.2, -0.15) is 0 Å². The maximum Gasteiger partial charge on any atom is 0.206 e. The SMILES string of the molecule is COc1cccc2c(Nc3ccc(S(=O)(=O)c4ccc(N)cc4)cc3)cc(C)nc12. The zero-order valence-corrected chi connectivity index (χ0v) is 17.4. The fourth-order valence-corrected chi connectivity index (χ4v) is 4.54. The lowest BCUT2D eigenvalue weighted by Crippen LogP contribution is -2.02. The van der Waals surface area contributed by atoms with Crippen LogP contribution in [0.2, 0.25) is 0 Å². The Hall–Kier alpha value is -3.58. The molecular weight excluding hydrogens is 398 g/mol. The minimum Gasteiger partial charge on any atom is -0.494 e. The van der Waals surface area contributed by atoms with E-state index in [0.717, 1.165) is 28.0 Å². The van der Waals surface area contributed by atoms with Crippen molar-refractivity contribution >= 4 is 37.8 Å². The Morgan fingerprint density at radius 3 is 2.20 bits per heavy atom. The first-order chi connectivity index (χ1) is 14.4. The largest absolute Gasteiger partial charge is 0.494 e. The average Bonchev–Trinajstić information content (AvgIpc) is 2.74. The summed E-state index contributed by atoms with van der Waals surface area (Å²) in [7, 11) is -1.99. The van der Waals surface area contributed by atoms with Crippen LogP contribution in [0, 0.1) is 6.92 Å². The van der Waals surface area contributed by atoms with Crippen LogP contribution in [0.4, 0.5) is 17.1 Å². The summed E-state index contributed by atoms with van der Waals surface area (Å²) in [4.78, 5) is 5.01. The number of pyridine rings is 1. The van der Waals surface area contributed by atoms with Crippen LogP contribution in [0.25, 0.3) is 10.9 Å². The number of nitrogen functional groups attached to an aromatic ring is 1. The Bertz CT molecular complexity index is 1320. The van der Waals surface area contributed by atoms with Crippen molar-refractivity contribution in [2.75, 3.05) is 18.2 Å². The topological polar surface area (TPSA) is 94.3 Å². The zero-order valence-electron chi connectivity index (χ0n) is 16.6. The minimum atomic E-state index is -3.61. The maximum absolute atomic E-state index is 12.8. The number of aryl methyl sites for hydroxylation is 1. The highest BCUT2D eigenvalue weighted by Gasteiger charge is 2.17. The van der Waals surface area contributed by atoms with E-state index in [2.05, 4.69) is 10.3 Å². The fraction of sp³-hybridized carbons (Fsp3) is 0.0870. The number of fused-ring (bicyclic) bond motifs is 1. The van der Waals surface area contributed by atoms with E-state index in [1.165, 1.54) is 12.1 Å². The summed E-state index contributed by atoms with van der Waals surface area (Å²) >= 11 is 0. The third kappa shape index (κ3) is 3.67. The number of para-hydroxylation sites is 1. The first-order valence-corrected chi connectivity index (χ1v) is 10.8. The first-order valence-electron chi connectivity index (χ1n) is 9.30. The van der Waals surface area contributed by atoms with Gasteiger partial charge in [0.2, 0.25) is 9.84 Å². The standard InChI is InChI=1S/C23H21N3O3S/c1-15-14-21(20-4-3-5-22(29-2)23(20)25-15)26-17-8-12-19(13-9-17)30(27,28)18-10-6-16(24)7-11-18/h3-14H,24H2,1-2H3,(H,25,26). The van der Waals surface area contributed by atoms with Crippen LogP contribution < -0.4 is 15.8 Å². The smallest absolute Gasteiger partial charge is 0.206 e. The Morgan fingerprint density at radius 1 is 0.933 bits per heavy atom. The Morgan fingerprint density at radius 2 is 1.57 bits per heavy atom. The summed E-state index contributed by atoms with van der Waals surface area (Å²) in [5.41, 5.74) is 9.42. The van der Waals surface area contributed by atoms with Crippen molar-refractivity contribution in [3.8, 4) is 5.75 Å². The van der Waals surface area contributed by atoms with Gasteiger partial charge < -0.3 is 15.8 Å². The second kappa shape index (κ2) is 7.68. The van der Waals surface area contributed by atoms with Crippen molar-refractivity contribution in [1.29, 1.82) is 0 Å².